The largest absolute Gasteiger partial charge is 0.496 e. The van der Waals surface area contributed by atoms with Gasteiger partial charge in [0.25, 0.3) is 0 Å². The lowest BCUT2D eigenvalue weighted by Crippen LogP contribution is -2.10. The predicted molar refractivity (Wildman–Crippen MR) is 122 cm³/mol. The first-order chi connectivity index (χ1) is 14.6. The number of carbonyl (C=O) groups is 1. The van der Waals surface area contributed by atoms with E-state index in [9.17, 15) is 4.79 Å². The van der Waals surface area contributed by atoms with Crippen LogP contribution in [0.5, 0.6) is 5.75 Å². The molecule has 1 heterocycles. The SMILES string of the molecule is CCCc1ccc(-c2nc(-c3ccccc3)nc(C)c2C(C=O)CCC)c(OC)c1. The molecule has 0 spiro atoms. The average molecular weight is 403 g/mol. The molecule has 4 heteroatoms. The summed E-state index contributed by atoms with van der Waals surface area (Å²) < 4.78 is 5.75. The van der Waals surface area contributed by atoms with Crippen molar-refractivity contribution in [3.63, 3.8) is 0 Å². The lowest BCUT2D eigenvalue weighted by molar-refractivity contribution is -0.109. The van der Waals surface area contributed by atoms with Crippen LogP contribution in [0.25, 0.3) is 22.6 Å². The Morgan fingerprint density at radius 2 is 1.80 bits per heavy atom. The van der Waals surface area contributed by atoms with E-state index >= 15 is 0 Å². The summed E-state index contributed by atoms with van der Waals surface area (Å²) in [5.74, 6) is 1.20. The second-order valence-electron chi connectivity index (χ2n) is 7.58. The van der Waals surface area contributed by atoms with Crippen molar-refractivity contribution < 1.29 is 9.53 Å². The van der Waals surface area contributed by atoms with Crippen molar-refractivity contribution in [1.29, 1.82) is 0 Å². The fourth-order valence-electron chi connectivity index (χ4n) is 3.91. The van der Waals surface area contributed by atoms with Gasteiger partial charge in [-0.2, -0.15) is 0 Å². The molecule has 0 bridgehead atoms. The van der Waals surface area contributed by atoms with Gasteiger partial charge in [-0.25, -0.2) is 9.97 Å². The van der Waals surface area contributed by atoms with E-state index in [4.69, 9.17) is 14.7 Å². The first kappa shape index (κ1) is 21.7. The molecule has 1 unspecified atom stereocenters. The number of nitrogens with zero attached hydrogens (tertiary/aromatic N) is 2. The minimum atomic E-state index is -0.241. The molecule has 0 saturated heterocycles. The van der Waals surface area contributed by atoms with E-state index < -0.39 is 0 Å². The molecular weight excluding hydrogens is 372 g/mol. The predicted octanol–water partition coefficient (Wildman–Crippen LogP) is 6.16. The summed E-state index contributed by atoms with van der Waals surface area (Å²) in [6.45, 7) is 6.22. The minimum absolute atomic E-state index is 0.241. The number of carbonyl (C=O) groups excluding carboxylic acids is 1. The molecule has 4 nitrogen and oxygen atoms in total. The van der Waals surface area contributed by atoms with Gasteiger partial charge >= 0.3 is 0 Å². The molecule has 0 aliphatic carbocycles. The lowest BCUT2D eigenvalue weighted by Gasteiger charge is -2.20. The Bertz CT molecular complexity index is 999. The second-order valence-corrected chi connectivity index (χ2v) is 7.58. The van der Waals surface area contributed by atoms with Gasteiger partial charge in [-0.1, -0.05) is 63.1 Å². The maximum absolute atomic E-state index is 12.0. The van der Waals surface area contributed by atoms with E-state index in [1.54, 1.807) is 7.11 Å². The van der Waals surface area contributed by atoms with Gasteiger partial charge in [0.2, 0.25) is 0 Å². The zero-order chi connectivity index (χ0) is 21.5. The number of ether oxygens (including phenoxy) is 1. The fourth-order valence-corrected chi connectivity index (χ4v) is 3.91. The molecule has 156 valence electrons. The highest BCUT2D eigenvalue weighted by atomic mass is 16.5. The Labute approximate surface area is 179 Å². The van der Waals surface area contributed by atoms with E-state index in [0.29, 0.717) is 5.82 Å². The van der Waals surface area contributed by atoms with Crippen LogP contribution in [0, 0.1) is 6.92 Å². The minimum Gasteiger partial charge on any atom is -0.496 e. The Balaban J connectivity index is 2.26. The van der Waals surface area contributed by atoms with Crippen LogP contribution < -0.4 is 4.74 Å². The van der Waals surface area contributed by atoms with E-state index in [1.807, 2.05) is 37.3 Å². The molecule has 1 aromatic heterocycles. The average Bonchev–Trinajstić information content (AvgIpc) is 2.78. The van der Waals surface area contributed by atoms with Crippen LogP contribution in [0.15, 0.2) is 48.5 Å². The zero-order valence-electron chi connectivity index (χ0n) is 18.3. The third kappa shape index (κ3) is 4.59. The second kappa shape index (κ2) is 10.1. The van der Waals surface area contributed by atoms with E-state index in [2.05, 4.69) is 32.0 Å². The monoisotopic (exact) mass is 402 g/mol. The maximum Gasteiger partial charge on any atom is 0.160 e. The third-order valence-electron chi connectivity index (χ3n) is 5.36. The maximum atomic E-state index is 12.0. The summed E-state index contributed by atoms with van der Waals surface area (Å²) in [5, 5.41) is 0. The van der Waals surface area contributed by atoms with Crippen LogP contribution >= 0.6 is 0 Å². The normalized spacial score (nSPS) is 11.9. The summed E-state index contributed by atoms with van der Waals surface area (Å²) in [4.78, 5) is 21.7. The van der Waals surface area contributed by atoms with Gasteiger partial charge < -0.3 is 9.53 Å². The third-order valence-corrected chi connectivity index (χ3v) is 5.36. The summed E-state index contributed by atoms with van der Waals surface area (Å²) in [6, 6.07) is 16.2. The van der Waals surface area contributed by atoms with Crippen LogP contribution in [0.1, 0.15) is 55.8 Å². The number of aldehydes is 1. The van der Waals surface area contributed by atoms with Crippen LogP contribution in [-0.2, 0) is 11.2 Å². The smallest absolute Gasteiger partial charge is 0.160 e. The van der Waals surface area contributed by atoms with Crippen molar-refractivity contribution in [2.75, 3.05) is 7.11 Å². The number of hydrogen-bond donors (Lipinski definition) is 0. The van der Waals surface area contributed by atoms with Crippen molar-refractivity contribution in [2.45, 2.75) is 52.4 Å². The van der Waals surface area contributed by atoms with Crippen molar-refractivity contribution >= 4 is 6.29 Å². The van der Waals surface area contributed by atoms with Crippen LogP contribution in [0.4, 0.5) is 0 Å². The molecule has 0 amide bonds. The van der Waals surface area contributed by atoms with Gasteiger partial charge in [0.05, 0.1) is 12.8 Å². The summed E-state index contributed by atoms with van der Waals surface area (Å²) in [7, 11) is 1.68. The van der Waals surface area contributed by atoms with Gasteiger partial charge in [-0.05, 0) is 37.5 Å². The molecule has 0 radical (unpaired) electrons. The summed E-state index contributed by atoms with van der Waals surface area (Å²) in [6.07, 6.45) is 4.77. The van der Waals surface area contributed by atoms with Gasteiger partial charge in [-0.15, -0.1) is 0 Å². The molecule has 0 N–H and O–H groups in total. The van der Waals surface area contributed by atoms with Crippen LogP contribution in [-0.4, -0.2) is 23.4 Å². The highest BCUT2D eigenvalue weighted by Crippen LogP contribution is 2.38. The first-order valence-electron chi connectivity index (χ1n) is 10.7. The number of rotatable bonds is 9. The molecule has 3 rings (SSSR count). The standard InChI is InChI=1S/C26H30N2O2/c1-5-10-19-14-15-22(23(16-19)30-4)25-24(21(17-29)11-6-2)18(3)27-26(28-25)20-12-8-7-9-13-20/h7-9,12-17,21H,5-6,10-11H2,1-4H3. The lowest BCUT2D eigenvalue weighted by atomic mass is 9.89. The van der Waals surface area contributed by atoms with E-state index in [1.165, 1.54) is 5.56 Å². The van der Waals surface area contributed by atoms with Gasteiger partial charge in [0, 0.05) is 28.3 Å². The van der Waals surface area contributed by atoms with Gasteiger partial charge in [-0.3, -0.25) is 0 Å². The highest BCUT2D eigenvalue weighted by molar-refractivity contribution is 5.78. The summed E-state index contributed by atoms with van der Waals surface area (Å²) in [5.41, 5.74) is 5.60. The number of hydrogen-bond acceptors (Lipinski definition) is 4. The molecule has 0 fully saturated rings. The Kier molecular flexibility index (Phi) is 7.34. The van der Waals surface area contributed by atoms with Crippen molar-refractivity contribution in [2.24, 2.45) is 0 Å². The molecular formula is C26H30N2O2. The molecule has 0 aliphatic rings. The van der Waals surface area contributed by atoms with Crippen LogP contribution in [0.3, 0.4) is 0 Å². The van der Waals surface area contributed by atoms with Crippen LogP contribution in [0.2, 0.25) is 0 Å². The number of methoxy groups -OCH3 is 1. The Morgan fingerprint density at radius 1 is 1.03 bits per heavy atom. The van der Waals surface area contributed by atoms with E-state index in [0.717, 1.165) is 65.8 Å². The van der Waals surface area contributed by atoms with E-state index in [-0.39, 0.29) is 5.92 Å². The van der Waals surface area contributed by atoms with Gasteiger partial charge in [0.1, 0.15) is 12.0 Å². The number of aromatic nitrogens is 2. The van der Waals surface area contributed by atoms with Crippen molar-refractivity contribution in [3.05, 3.63) is 65.4 Å². The fraction of sp³-hybridized carbons (Fsp3) is 0.346. The topological polar surface area (TPSA) is 52.1 Å². The molecule has 0 aliphatic heterocycles. The summed E-state index contributed by atoms with van der Waals surface area (Å²) >= 11 is 0. The molecule has 2 aromatic carbocycles. The molecule has 1 atom stereocenters. The zero-order valence-corrected chi connectivity index (χ0v) is 18.3. The van der Waals surface area contributed by atoms with Gasteiger partial charge in [0.15, 0.2) is 5.82 Å². The highest BCUT2D eigenvalue weighted by Gasteiger charge is 2.23. The molecule has 3 aromatic rings. The Hall–Kier alpha value is -3.01. The van der Waals surface area contributed by atoms with Crippen molar-refractivity contribution in [3.8, 4) is 28.4 Å². The molecule has 0 saturated carbocycles. The number of aryl methyl sites for hydroxylation is 2. The quantitative estimate of drug-likeness (QED) is 0.402. The van der Waals surface area contributed by atoms with Crippen molar-refractivity contribution in [1.82, 2.24) is 9.97 Å². The first-order valence-corrected chi connectivity index (χ1v) is 10.7. The molecule has 30 heavy (non-hydrogen) atoms. The Morgan fingerprint density at radius 3 is 2.43 bits per heavy atom. The number of benzene rings is 2.